The highest BCUT2D eigenvalue weighted by molar-refractivity contribution is 7.93. The molecule has 2 aromatic carbocycles. The van der Waals surface area contributed by atoms with Gasteiger partial charge in [-0.15, -0.1) is 0 Å². The number of halogens is 1. The molecular formula is C24H30FN3O3S. The van der Waals surface area contributed by atoms with Gasteiger partial charge in [-0.2, -0.15) is 0 Å². The van der Waals surface area contributed by atoms with Crippen LogP contribution in [0, 0.1) is 17.7 Å². The number of fused-ring (bicyclic) bond motifs is 3. The van der Waals surface area contributed by atoms with Gasteiger partial charge in [-0.25, -0.2) is 12.8 Å². The zero-order valence-corrected chi connectivity index (χ0v) is 19.4. The van der Waals surface area contributed by atoms with Gasteiger partial charge in [0.05, 0.1) is 10.6 Å². The van der Waals surface area contributed by atoms with E-state index in [0.717, 1.165) is 30.4 Å². The predicted octanol–water partition coefficient (Wildman–Crippen LogP) is 3.49. The minimum Gasteiger partial charge on any atom is -0.354 e. The highest BCUT2D eigenvalue weighted by Gasteiger charge is 2.36. The van der Waals surface area contributed by atoms with Crippen LogP contribution in [0.1, 0.15) is 26.7 Å². The fourth-order valence-corrected chi connectivity index (χ4v) is 6.61. The largest absolute Gasteiger partial charge is 0.354 e. The van der Waals surface area contributed by atoms with Crippen LogP contribution in [0.4, 0.5) is 10.1 Å². The molecule has 6 nitrogen and oxygen atoms in total. The van der Waals surface area contributed by atoms with Crippen LogP contribution in [0.5, 0.6) is 0 Å². The standard InChI is InChI=1S/C24H30FN3O3S/c1-17-12-18(2)15-27(14-17)11-5-10-26-24(29)16-28-22-9-8-19(25)13-21(22)20-6-3-4-7-23(20)32(28,30)31/h3-4,6-9,13,17-18H,5,10-12,14-16H2,1-2H3,(H,26,29)/t17-,18-/m1/s1. The molecule has 0 spiro atoms. The minimum atomic E-state index is -3.92. The van der Waals surface area contributed by atoms with Gasteiger partial charge in [-0.05, 0) is 55.5 Å². The summed E-state index contributed by atoms with van der Waals surface area (Å²) in [4.78, 5) is 15.2. The average Bonchev–Trinajstić information content (AvgIpc) is 2.74. The maximum absolute atomic E-state index is 13.9. The van der Waals surface area contributed by atoms with Gasteiger partial charge in [-0.1, -0.05) is 32.0 Å². The first-order valence-corrected chi connectivity index (χ1v) is 12.6. The normalized spacial score (nSPS) is 22.2. The molecule has 2 aromatic rings. The molecule has 0 unspecified atom stereocenters. The molecule has 1 fully saturated rings. The number of piperidine rings is 1. The molecule has 1 amide bonds. The van der Waals surface area contributed by atoms with Crippen molar-refractivity contribution in [1.29, 1.82) is 0 Å². The molecule has 2 heterocycles. The molecule has 1 N–H and O–H groups in total. The van der Waals surface area contributed by atoms with Crippen LogP contribution in [0.2, 0.25) is 0 Å². The van der Waals surface area contributed by atoms with E-state index >= 15 is 0 Å². The molecule has 32 heavy (non-hydrogen) atoms. The van der Waals surface area contributed by atoms with E-state index in [4.69, 9.17) is 0 Å². The van der Waals surface area contributed by atoms with Gasteiger partial charge in [-0.3, -0.25) is 9.10 Å². The number of carbonyl (C=O) groups excluding carboxylic acids is 1. The molecule has 172 valence electrons. The fraction of sp³-hybridized carbons (Fsp3) is 0.458. The summed E-state index contributed by atoms with van der Waals surface area (Å²) in [6.45, 7) is 7.75. The third-order valence-electron chi connectivity index (χ3n) is 6.18. The average molecular weight is 460 g/mol. The second kappa shape index (κ2) is 9.19. The third-order valence-corrected chi connectivity index (χ3v) is 8.00. The summed E-state index contributed by atoms with van der Waals surface area (Å²) < 4.78 is 41.5. The molecule has 0 bridgehead atoms. The van der Waals surface area contributed by atoms with Gasteiger partial charge in [0.25, 0.3) is 10.0 Å². The lowest BCUT2D eigenvalue weighted by Crippen LogP contribution is -2.43. The van der Waals surface area contributed by atoms with Gasteiger partial charge in [0, 0.05) is 30.8 Å². The van der Waals surface area contributed by atoms with Gasteiger partial charge in [0.15, 0.2) is 0 Å². The monoisotopic (exact) mass is 459 g/mol. The Bertz CT molecular complexity index is 1100. The maximum Gasteiger partial charge on any atom is 0.265 e. The molecule has 0 saturated carbocycles. The van der Waals surface area contributed by atoms with Crippen molar-refractivity contribution in [3.63, 3.8) is 0 Å². The van der Waals surface area contributed by atoms with Crippen LogP contribution < -0.4 is 9.62 Å². The Hall–Kier alpha value is -2.45. The van der Waals surface area contributed by atoms with Crippen molar-refractivity contribution in [1.82, 2.24) is 10.2 Å². The molecule has 2 aliphatic rings. The SMILES string of the molecule is C[C@@H]1C[C@@H](C)CN(CCCNC(=O)CN2c3ccc(F)cc3-c3ccccc3S2(=O)=O)C1. The van der Waals surface area contributed by atoms with Crippen molar-refractivity contribution in [2.24, 2.45) is 11.8 Å². The van der Waals surface area contributed by atoms with E-state index in [1.165, 1.54) is 30.7 Å². The molecule has 2 aliphatic heterocycles. The van der Waals surface area contributed by atoms with Crippen LogP contribution in [-0.2, 0) is 14.8 Å². The molecule has 0 aliphatic carbocycles. The van der Waals surface area contributed by atoms with E-state index < -0.39 is 15.8 Å². The summed E-state index contributed by atoms with van der Waals surface area (Å²) in [5, 5.41) is 2.85. The number of anilines is 1. The van der Waals surface area contributed by atoms with Crippen molar-refractivity contribution < 1.29 is 17.6 Å². The number of sulfonamides is 1. The zero-order chi connectivity index (χ0) is 22.9. The second-order valence-electron chi connectivity index (χ2n) is 9.08. The number of amides is 1. The van der Waals surface area contributed by atoms with Crippen LogP contribution in [0.3, 0.4) is 0 Å². The number of rotatable bonds is 6. The number of benzene rings is 2. The number of hydrogen-bond acceptors (Lipinski definition) is 4. The minimum absolute atomic E-state index is 0.0826. The Morgan fingerprint density at radius 1 is 1.09 bits per heavy atom. The van der Waals surface area contributed by atoms with E-state index in [0.29, 0.717) is 35.2 Å². The molecule has 0 aromatic heterocycles. The van der Waals surface area contributed by atoms with Gasteiger partial charge in [0.1, 0.15) is 12.4 Å². The number of nitrogens with one attached hydrogen (secondary N) is 1. The third kappa shape index (κ3) is 4.66. The van der Waals surface area contributed by atoms with Crippen molar-refractivity contribution in [3.8, 4) is 11.1 Å². The fourth-order valence-electron chi connectivity index (χ4n) is 4.97. The van der Waals surface area contributed by atoms with E-state index in [2.05, 4.69) is 24.1 Å². The van der Waals surface area contributed by atoms with Gasteiger partial charge < -0.3 is 10.2 Å². The van der Waals surface area contributed by atoms with Crippen molar-refractivity contribution >= 4 is 21.6 Å². The Balaban J connectivity index is 1.42. The molecule has 2 atom stereocenters. The van der Waals surface area contributed by atoms with Crippen LogP contribution in [0.25, 0.3) is 11.1 Å². The molecule has 1 saturated heterocycles. The van der Waals surface area contributed by atoms with E-state index in [9.17, 15) is 17.6 Å². The predicted molar refractivity (Wildman–Crippen MR) is 123 cm³/mol. The first kappa shape index (κ1) is 22.7. The Kier molecular flexibility index (Phi) is 6.53. The van der Waals surface area contributed by atoms with Gasteiger partial charge in [0.2, 0.25) is 5.91 Å². The van der Waals surface area contributed by atoms with Crippen LogP contribution in [-0.4, -0.2) is 51.9 Å². The Morgan fingerprint density at radius 3 is 2.56 bits per heavy atom. The highest BCUT2D eigenvalue weighted by Crippen LogP contribution is 2.42. The lowest BCUT2D eigenvalue weighted by Gasteiger charge is -2.35. The van der Waals surface area contributed by atoms with Crippen molar-refractivity contribution in [2.75, 3.05) is 37.0 Å². The maximum atomic E-state index is 13.9. The number of carbonyl (C=O) groups is 1. The highest BCUT2D eigenvalue weighted by atomic mass is 32.2. The zero-order valence-electron chi connectivity index (χ0n) is 18.6. The summed E-state index contributed by atoms with van der Waals surface area (Å²) in [5.74, 6) is 0.545. The van der Waals surface area contributed by atoms with E-state index in [1.54, 1.807) is 18.2 Å². The van der Waals surface area contributed by atoms with Crippen molar-refractivity contribution in [3.05, 3.63) is 48.3 Å². The van der Waals surface area contributed by atoms with Gasteiger partial charge >= 0.3 is 0 Å². The molecule has 4 rings (SSSR count). The van der Waals surface area contributed by atoms with E-state index in [1.807, 2.05) is 0 Å². The lowest BCUT2D eigenvalue weighted by molar-refractivity contribution is -0.119. The number of likely N-dealkylation sites (tertiary alicyclic amines) is 1. The molecule has 0 radical (unpaired) electrons. The Morgan fingerprint density at radius 2 is 1.81 bits per heavy atom. The second-order valence-corrected chi connectivity index (χ2v) is 10.9. The summed E-state index contributed by atoms with van der Waals surface area (Å²) in [5.41, 5.74) is 1.23. The Labute approximate surface area is 189 Å². The first-order valence-electron chi connectivity index (χ1n) is 11.2. The first-order chi connectivity index (χ1) is 15.3. The number of nitrogens with zero attached hydrogens (tertiary/aromatic N) is 2. The summed E-state index contributed by atoms with van der Waals surface area (Å²) in [6, 6.07) is 10.4. The summed E-state index contributed by atoms with van der Waals surface area (Å²) in [7, 11) is -3.92. The van der Waals surface area contributed by atoms with Crippen LogP contribution in [0.15, 0.2) is 47.4 Å². The van der Waals surface area contributed by atoms with Crippen LogP contribution >= 0.6 is 0 Å². The topological polar surface area (TPSA) is 69.7 Å². The summed E-state index contributed by atoms with van der Waals surface area (Å²) in [6.07, 6.45) is 2.06. The van der Waals surface area contributed by atoms with E-state index in [-0.39, 0.29) is 17.3 Å². The molecular weight excluding hydrogens is 429 g/mol. The molecule has 8 heteroatoms. The smallest absolute Gasteiger partial charge is 0.265 e. The quantitative estimate of drug-likeness (QED) is 0.672. The number of hydrogen-bond donors (Lipinski definition) is 1. The lowest BCUT2D eigenvalue weighted by atomic mass is 9.92. The summed E-state index contributed by atoms with van der Waals surface area (Å²) >= 11 is 0. The van der Waals surface area contributed by atoms with Crippen molar-refractivity contribution in [2.45, 2.75) is 31.6 Å².